The van der Waals surface area contributed by atoms with Crippen LogP contribution in [-0.2, 0) is 16.4 Å². The van der Waals surface area contributed by atoms with E-state index >= 15 is 0 Å². The predicted octanol–water partition coefficient (Wildman–Crippen LogP) is 3.22. The summed E-state index contributed by atoms with van der Waals surface area (Å²) in [4.78, 5) is 6.89. The van der Waals surface area contributed by atoms with E-state index in [4.69, 9.17) is 16.3 Å². The number of benzene rings is 2. The van der Waals surface area contributed by atoms with E-state index in [1.165, 1.54) is 18.4 Å². The van der Waals surface area contributed by atoms with Crippen molar-refractivity contribution in [3.63, 3.8) is 0 Å². The van der Waals surface area contributed by atoms with Crippen LogP contribution in [0.5, 0.6) is 5.75 Å². The third-order valence-electron chi connectivity index (χ3n) is 3.90. The van der Waals surface area contributed by atoms with Crippen molar-refractivity contribution < 1.29 is 13.2 Å². The lowest BCUT2D eigenvalue weighted by molar-refractivity contribution is 0.327. The highest BCUT2D eigenvalue weighted by Gasteiger charge is 2.08. The van der Waals surface area contributed by atoms with Crippen LogP contribution in [0.4, 0.5) is 0 Å². The van der Waals surface area contributed by atoms with Gasteiger partial charge >= 0.3 is 0 Å². The van der Waals surface area contributed by atoms with Crippen molar-refractivity contribution in [2.45, 2.75) is 18.4 Å². The monoisotopic (exact) mass is 423 g/mol. The number of ether oxygens (including phenoxy) is 1. The van der Waals surface area contributed by atoms with Gasteiger partial charge in [-0.1, -0.05) is 23.7 Å². The van der Waals surface area contributed by atoms with Crippen LogP contribution in [0.15, 0.2) is 58.4 Å². The number of halogens is 1. The molecule has 0 saturated heterocycles. The van der Waals surface area contributed by atoms with Crippen molar-refractivity contribution in [3.05, 3.63) is 59.1 Å². The first-order chi connectivity index (χ1) is 13.3. The summed E-state index contributed by atoms with van der Waals surface area (Å²) in [7, 11) is -1.23. The van der Waals surface area contributed by atoms with Gasteiger partial charge in [-0.2, -0.15) is 0 Å². The maximum Gasteiger partial charge on any atom is 0.194 e. The molecular weight excluding hydrogens is 398 g/mol. The molecular formula is C20H26ClN3O3S. The Morgan fingerprint density at radius 2 is 1.79 bits per heavy atom. The van der Waals surface area contributed by atoms with E-state index in [0.717, 1.165) is 18.1 Å². The summed E-state index contributed by atoms with van der Waals surface area (Å²) < 4.78 is 28.6. The Balaban J connectivity index is 1.90. The van der Waals surface area contributed by atoms with E-state index < -0.39 is 9.84 Å². The van der Waals surface area contributed by atoms with Gasteiger partial charge in [0.05, 0.1) is 11.4 Å². The molecule has 0 bridgehead atoms. The molecule has 0 atom stereocenters. The first-order valence-electron chi connectivity index (χ1n) is 8.96. The zero-order chi connectivity index (χ0) is 20.6. The molecule has 28 heavy (non-hydrogen) atoms. The molecule has 8 heteroatoms. The molecule has 0 aliphatic rings. The summed E-state index contributed by atoms with van der Waals surface area (Å²) in [6.45, 7) is 4.35. The molecule has 1 N–H and O–H groups in total. The van der Waals surface area contributed by atoms with Gasteiger partial charge in [0.2, 0.25) is 0 Å². The van der Waals surface area contributed by atoms with Crippen molar-refractivity contribution >= 4 is 27.4 Å². The topological polar surface area (TPSA) is 71.0 Å². The molecule has 2 rings (SSSR count). The minimum Gasteiger partial charge on any atom is -0.492 e. The van der Waals surface area contributed by atoms with Crippen LogP contribution in [0.2, 0.25) is 5.02 Å². The minimum absolute atomic E-state index is 0.274. The van der Waals surface area contributed by atoms with Gasteiger partial charge in [-0.3, -0.25) is 0 Å². The average Bonchev–Trinajstić information content (AvgIpc) is 2.65. The van der Waals surface area contributed by atoms with E-state index in [1.807, 2.05) is 43.1 Å². The first-order valence-corrected chi connectivity index (χ1v) is 11.2. The zero-order valence-electron chi connectivity index (χ0n) is 16.4. The fourth-order valence-electron chi connectivity index (χ4n) is 2.51. The van der Waals surface area contributed by atoms with Gasteiger partial charge in [0.15, 0.2) is 15.8 Å². The Morgan fingerprint density at radius 3 is 2.36 bits per heavy atom. The summed E-state index contributed by atoms with van der Waals surface area (Å²) in [5.74, 6) is 1.40. The van der Waals surface area contributed by atoms with Crippen LogP contribution < -0.4 is 10.1 Å². The highest BCUT2D eigenvalue weighted by Crippen LogP contribution is 2.15. The van der Waals surface area contributed by atoms with Gasteiger partial charge < -0.3 is 15.0 Å². The second kappa shape index (κ2) is 10.3. The molecule has 0 fully saturated rings. The summed E-state index contributed by atoms with van der Waals surface area (Å²) in [5, 5.41) is 3.98. The van der Waals surface area contributed by atoms with Gasteiger partial charge in [0.1, 0.15) is 12.4 Å². The molecule has 0 saturated carbocycles. The predicted molar refractivity (Wildman–Crippen MR) is 114 cm³/mol. The number of sulfone groups is 1. The molecule has 2 aromatic rings. The van der Waals surface area contributed by atoms with Gasteiger partial charge in [0, 0.05) is 31.4 Å². The van der Waals surface area contributed by atoms with Crippen LogP contribution in [0.1, 0.15) is 12.5 Å². The molecule has 0 aliphatic heterocycles. The third-order valence-corrected chi connectivity index (χ3v) is 5.28. The quantitative estimate of drug-likeness (QED) is 0.401. The fraction of sp³-hybridized carbons (Fsp3) is 0.350. The summed E-state index contributed by atoms with van der Waals surface area (Å²) in [6, 6.07) is 14.1. The van der Waals surface area contributed by atoms with Crippen LogP contribution >= 0.6 is 11.6 Å². The molecule has 2 aromatic carbocycles. The van der Waals surface area contributed by atoms with E-state index in [-0.39, 0.29) is 4.90 Å². The molecule has 0 amide bonds. The lowest BCUT2D eigenvalue weighted by Crippen LogP contribution is -2.38. The van der Waals surface area contributed by atoms with E-state index in [0.29, 0.717) is 30.5 Å². The summed E-state index contributed by atoms with van der Waals surface area (Å²) in [5.41, 5.74) is 1.14. The smallest absolute Gasteiger partial charge is 0.194 e. The van der Waals surface area contributed by atoms with Crippen molar-refractivity contribution in [3.8, 4) is 5.75 Å². The molecule has 6 nitrogen and oxygen atoms in total. The van der Waals surface area contributed by atoms with E-state index in [2.05, 4.69) is 10.3 Å². The molecule has 0 heterocycles. The van der Waals surface area contributed by atoms with Crippen LogP contribution in [0, 0.1) is 0 Å². The minimum atomic E-state index is -3.20. The van der Waals surface area contributed by atoms with E-state index in [9.17, 15) is 8.42 Å². The maximum absolute atomic E-state index is 11.5. The van der Waals surface area contributed by atoms with Crippen molar-refractivity contribution in [1.82, 2.24) is 10.2 Å². The molecule has 0 radical (unpaired) electrons. The largest absolute Gasteiger partial charge is 0.492 e. The van der Waals surface area contributed by atoms with Crippen molar-refractivity contribution in [1.29, 1.82) is 0 Å². The Kier molecular flexibility index (Phi) is 8.14. The summed E-state index contributed by atoms with van der Waals surface area (Å²) >= 11 is 5.93. The normalized spacial score (nSPS) is 11.9. The lowest BCUT2D eigenvalue weighted by Gasteiger charge is -2.22. The maximum atomic E-state index is 11.5. The highest BCUT2D eigenvalue weighted by molar-refractivity contribution is 7.90. The molecule has 0 unspecified atom stereocenters. The lowest BCUT2D eigenvalue weighted by atomic mass is 10.2. The Labute approximate surface area is 172 Å². The SMILES string of the molecule is CCNC(=NCCOc1ccc(S(C)(=O)=O)cc1)N(C)Cc1ccc(Cl)cc1. The number of nitrogens with zero attached hydrogens (tertiary/aromatic N) is 2. The second-order valence-corrected chi connectivity index (χ2v) is 8.76. The number of guanidine groups is 1. The molecule has 0 aromatic heterocycles. The van der Waals surface area contributed by atoms with Gasteiger partial charge in [-0.15, -0.1) is 0 Å². The highest BCUT2D eigenvalue weighted by atomic mass is 35.5. The number of aliphatic imine (C=N–C) groups is 1. The number of hydrogen-bond donors (Lipinski definition) is 1. The number of nitrogens with one attached hydrogen (secondary N) is 1. The molecule has 152 valence electrons. The van der Waals surface area contributed by atoms with Crippen LogP contribution in [0.25, 0.3) is 0 Å². The average molecular weight is 424 g/mol. The van der Waals surface area contributed by atoms with Crippen LogP contribution in [-0.4, -0.2) is 52.3 Å². The Morgan fingerprint density at radius 1 is 1.14 bits per heavy atom. The molecule has 0 spiro atoms. The van der Waals surface area contributed by atoms with Crippen LogP contribution in [0.3, 0.4) is 0 Å². The number of hydrogen-bond acceptors (Lipinski definition) is 4. The summed E-state index contributed by atoms with van der Waals surface area (Å²) in [6.07, 6.45) is 1.18. The third kappa shape index (κ3) is 7.05. The van der Waals surface area contributed by atoms with Gasteiger partial charge in [-0.05, 0) is 48.9 Å². The Bertz CT molecular complexity index is 882. The fourth-order valence-corrected chi connectivity index (χ4v) is 3.26. The first kappa shape index (κ1) is 22.0. The van der Waals surface area contributed by atoms with Crippen molar-refractivity contribution in [2.75, 3.05) is 33.0 Å². The van der Waals surface area contributed by atoms with E-state index in [1.54, 1.807) is 12.1 Å². The second-order valence-electron chi connectivity index (χ2n) is 6.31. The molecule has 0 aliphatic carbocycles. The van der Waals surface area contributed by atoms with Crippen molar-refractivity contribution in [2.24, 2.45) is 4.99 Å². The zero-order valence-corrected chi connectivity index (χ0v) is 17.9. The number of rotatable bonds is 8. The standard InChI is InChI=1S/C20H26ClN3O3S/c1-4-22-20(24(2)15-16-5-7-17(21)8-6-16)23-13-14-27-18-9-11-19(12-10-18)28(3,25)26/h5-12H,4,13-15H2,1-3H3,(H,22,23). The Hall–Kier alpha value is -2.25. The van der Waals surface area contributed by atoms with Gasteiger partial charge in [-0.25, -0.2) is 13.4 Å². The van der Waals surface area contributed by atoms with Gasteiger partial charge in [0.25, 0.3) is 0 Å².